The van der Waals surface area contributed by atoms with Crippen LogP contribution in [0, 0.1) is 13.8 Å². The van der Waals surface area contributed by atoms with Gasteiger partial charge >= 0.3 is 0 Å². The molecule has 0 saturated heterocycles. The van der Waals surface area contributed by atoms with Crippen LogP contribution in [0.15, 0.2) is 69.9 Å². The zero-order valence-electron chi connectivity index (χ0n) is 21.3. The number of unbranched alkanes of at least 4 members (excludes halogenated alkanes) is 1. The Morgan fingerprint density at radius 2 is 1.61 bits per heavy atom. The standard InChI is InChI=1S/C31H31NO4/c1-5-7-16-35-24-14-10-22(11-15-24)28-27-29(33)25-17-19(3)20(4)18-26(25)36-30(27)31(34)32(28)23-12-8-21(6-2)9-13-23/h8-15,17-18,28H,5-7,16H2,1-4H3. The molecule has 3 aromatic carbocycles. The molecule has 0 fully saturated rings. The van der Waals surface area contributed by atoms with Gasteiger partial charge in [-0.1, -0.05) is 44.5 Å². The van der Waals surface area contributed by atoms with Crippen molar-refractivity contribution < 1.29 is 13.9 Å². The van der Waals surface area contributed by atoms with Crippen LogP contribution in [-0.2, 0) is 6.42 Å². The van der Waals surface area contributed by atoms with Gasteiger partial charge in [-0.3, -0.25) is 14.5 Å². The van der Waals surface area contributed by atoms with Gasteiger partial charge in [0.2, 0.25) is 5.76 Å². The highest BCUT2D eigenvalue weighted by molar-refractivity contribution is 6.10. The molecule has 5 nitrogen and oxygen atoms in total. The molecule has 1 aliphatic rings. The minimum Gasteiger partial charge on any atom is -0.494 e. The normalized spacial score (nSPS) is 14.9. The Bertz CT molecular complexity index is 1480. The van der Waals surface area contributed by atoms with E-state index in [1.165, 1.54) is 5.56 Å². The lowest BCUT2D eigenvalue weighted by atomic mass is 9.97. The van der Waals surface area contributed by atoms with Crippen molar-refractivity contribution >= 4 is 22.6 Å². The van der Waals surface area contributed by atoms with Crippen molar-refractivity contribution in [3.8, 4) is 5.75 Å². The van der Waals surface area contributed by atoms with Crippen molar-refractivity contribution in [3.05, 3.63) is 104 Å². The van der Waals surface area contributed by atoms with Gasteiger partial charge in [-0.2, -0.15) is 0 Å². The fraction of sp³-hybridized carbons (Fsp3) is 0.290. The van der Waals surface area contributed by atoms with Gasteiger partial charge in [0.1, 0.15) is 11.3 Å². The van der Waals surface area contributed by atoms with Crippen molar-refractivity contribution in [1.29, 1.82) is 0 Å². The van der Waals surface area contributed by atoms with Gasteiger partial charge in [0.15, 0.2) is 5.43 Å². The topological polar surface area (TPSA) is 59.8 Å². The molecule has 5 rings (SSSR count). The fourth-order valence-electron chi connectivity index (χ4n) is 4.78. The van der Waals surface area contributed by atoms with Gasteiger partial charge in [0, 0.05) is 5.69 Å². The summed E-state index contributed by atoms with van der Waals surface area (Å²) in [5.41, 5.74) is 5.43. The highest BCUT2D eigenvalue weighted by atomic mass is 16.5. The molecule has 0 aliphatic carbocycles. The first kappa shape index (κ1) is 23.9. The molecule has 0 radical (unpaired) electrons. The number of carbonyl (C=O) groups excluding carboxylic acids is 1. The molecular formula is C31H31NO4. The Morgan fingerprint density at radius 3 is 2.28 bits per heavy atom. The number of anilines is 1. The molecule has 0 saturated carbocycles. The first-order valence-electron chi connectivity index (χ1n) is 12.7. The average molecular weight is 482 g/mol. The van der Waals surface area contributed by atoms with E-state index in [9.17, 15) is 9.59 Å². The number of carbonyl (C=O) groups is 1. The first-order valence-corrected chi connectivity index (χ1v) is 12.7. The highest BCUT2D eigenvalue weighted by Gasteiger charge is 2.43. The van der Waals surface area contributed by atoms with E-state index in [0.717, 1.165) is 47.4 Å². The van der Waals surface area contributed by atoms with Crippen LogP contribution in [0.5, 0.6) is 5.75 Å². The summed E-state index contributed by atoms with van der Waals surface area (Å²) in [5, 5.41) is 0.498. The van der Waals surface area contributed by atoms with Gasteiger partial charge < -0.3 is 9.15 Å². The second-order valence-electron chi connectivity index (χ2n) is 9.48. The molecule has 0 spiro atoms. The molecule has 0 bridgehead atoms. The summed E-state index contributed by atoms with van der Waals surface area (Å²) in [6.45, 7) is 8.82. The largest absolute Gasteiger partial charge is 0.494 e. The Labute approximate surface area is 211 Å². The van der Waals surface area contributed by atoms with Gasteiger partial charge in [0.25, 0.3) is 5.91 Å². The predicted octanol–water partition coefficient (Wildman–Crippen LogP) is 6.90. The predicted molar refractivity (Wildman–Crippen MR) is 143 cm³/mol. The fourth-order valence-corrected chi connectivity index (χ4v) is 4.78. The lowest BCUT2D eigenvalue weighted by Gasteiger charge is -2.25. The number of rotatable bonds is 7. The van der Waals surface area contributed by atoms with E-state index in [2.05, 4.69) is 13.8 Å². The molecule has 1 atom stereocenters. The number of hydrogen-bond donors (Lipinski definition) is 0. The molecular weight excluding hydrogens is 450 g/mol. The summed E-state index contributed by atoms with van der Waals surface area (Å²) in [6.07, 6.45) is 2.95. The molecule has 184 valence electrons. The maximum absolute atomic E-state index is 13.9. The van der Waals surface area contributed by atoms with E-state index in [4.69, 9.17) is 9.15 Å². The number of nitrogens with zero attached hydrogens (tertiary/aromatic N) is 1. The number of hydrogen-bond acceptors (Lipinski definition) is 4. The minimum atomic E-state index is -0.591. The molecule has 1 aromatic heterocycles. The second-order valence-corrected chi connectivity index (χ2v) is 9.48. The first-order chi connectivity index (χ1) is 17.4. The Hall–Kier alpha value is -3.86. The quantitative estimate of drug-likeness (QED) is 0.269. The van der Waals surface area contributed by atoms with Crippen LogP contribution in [0.3, 0.4) is 0 Å². The van der Waals surface area contributed by atoms with Gasteiger partial charge in [-0.05, 0) is 85.3 Å². The third-order valence-corrected chi connectivity index (χ3v) is 7.07. The lowest BCUT2D eigenvalue weighted by Crippen LogP contribution is -2.29. The van der Waals surface area contributed by atoms with Crippen LogP contribution in [-0.4, -0.2) is 12.5 Å². The van der Waals surface area contributed by atoms with Gasteiger partial charge in [0.05, 0.1) is 23.6 Å². The monoisotopic (exact) mass is 481 g/mol. The summed E-state index contributed by atoms with van der Waals surface area (Å²) in [5.74, 6) is 0.579. The Balaban J connectivity index is 1.67. The van der Waals surface area contributed by atoms with E-state index in [1.54, 1.807) is 4.90 Å². The number of benzene rings is 3. The van der Waals surface area contributed by atoms with Crippen molar-refractivity contribution in [2.24, 2.45) is 0 Å². The number of ether oxygens (including phenoxy) is 1. The van der Waals surface area contributed by atoms with Crippen LogP contribution < -0.4 is 15.1 Å². The minimum absolute atomic E-state index is 0.114. The van der Waals surface area contributed by atoms with E-state index < -0.39 is 6.04 Å². The van der Waals surface area contributed by atoms with Gasteiger partial charge in [-0.15, -0.1) is 0 Å². The van der Waals surface area contributed by atoms with Crippen LogP contribution in [0.4, 0.5) is 5.69 Å². The maximum atomic E-state index is 13.9. The third kappa shape index (κ3) is 4.09. The highest BCUT2D eigenvalue weighted by Crippen LogP contribution is 2.41. The van der Waals surface area contributed by atoms with Crippen LogP contribution in [0.1, 0.15) is 71.1 Å². The van der Waals surface area contributed by atoms with E-state index in [1.807, 2.05) is 74.5 Å². The molecule has 0 N–H and O–H groups in total. The summed E-state index contributed by atoms with van der Waals surface area (Å²) in [7, 11) is 0. The van der Waals surface area contributed by atoms with Crippen LogP contribution in [0.2, 0.25) is 0 Å². The van der Waals surface area contributed by atoms with Crippen LogP contribution >= 0.6 is 0 Å². The van der Waals surface area contributed by atoms with Gasteiger partial charge in [-0.25, -0.2) is 0 Å². The van der Waals surface area contributed by atoms with Crippen molar-refractivity contribution in [2.45, 2.75) is 53.0 Å². The SMILES string of the molecule is CCCCOc1ccc(C2c3c(oc4cc(C)c(C)cc4c3=O)C(=O)N2c2ccc(CC)cc2)cc1. The van der Waals surface area contributed by atoms with Crippen molar-refractivity contribution in [1.82, 2.24) is 0 Å². The summed E-state index contributed by atoms with van der Waals surface area (Å²) < 4.78 is 12.0. The van der Waals surface area contributed by atoms with Crippen LogP contribution in [0.25, 0.3) is 11.0 Å². The third-order valence-electron chi connectivity index (χ3n) is 7.07. The number of amides is 1. The van der Waals surface area contributed by atoms with E-state index in [-0.39, 0.29) is 17.1 Å². The Morgan fingerprint density at radius 1 is 0.917 bits per heavy atom. The smallest absolute Gasteiger partial charge is 0.295 e. The van der Waals surface area contributed by atoms with E-state index >= 15 is 0 Å². The molecule has 4 aromatic rings. The average Bonchev–Trinajstić information content (AvgIpc) is 3.18. The molecule has 36 heavy (non-hydrogen) atoms. The molecule has 1 amide bonds. The molecule has 5 heteroatoms. The number of aryl methyl sites for hydroxylation is 3. The summed E-state index contributed by atoms with van der Waals surface area (Å²) in [6, 6.07) is 18.7. The second kappa shape index (κ2) is 9.65. The van der Waals surface area contributed by atoms with Crippen molar-refractivity contribution in [2.75, 3.05) is 11.5 Å². The Kier molecular flexibility index (Phi) is 6.40. The zero-order valence-corrected chi connectivity index (χ0v) is 21.3. The molecule has 1 aliphatic heterocycles. The summed E-state index contributed by atoms with van der Waals surface area (Å²) >= 11 is 0. The lowest BCUT2D eigenvalue weighted by molar-refractivity contribution is 0.0971. The zero-order chi connectivity index (χ0) is 25.4. The number of fused-ring (bicyclic) bond motifs is 2. The van der Waals surface area contributed by atoms with E-state index in [0.29, 0.717) is 23.1 Å². The maximum Gasteiger partial charge on any atom is 0.295 e. The summed E-state index contributed by atoms with van der Waals surface area (Å²) in [4.78, 5) is 29.3. The van der Waals surface area contributed by atoms with Crippen molar-refractivity contribution in [3.63, 3.8) is 0 Å². The molecule has 1 unspecified atom stereocenters. The molecule has 2 heterocycles.